The van der Waals surface area contributed by atoms with Crippen LogP contribution < -0.4 is 10.1 Å². The van der Waals surface area contributed by atoms with E-state index in [1.54, 1.807) is 6.20 Å². The van der Waals surface area contributed by atoms with Crippen molar-refractivity contribution < 1.29 is 9.53 Å². The first-order valence-corrected chi connectivity index (χ1v) is 7.83. The second-order valence-corrected chi connectivity index (χ2v) is 7.08. The lowest BCUT2D eigenvalue weighted by Gasteiger charge is -2.27. The Kier molecular flexibility index (Phi) is 5.06. The monoisotopic (exact) mass is 305 g/mol. The summed E-state index contributed by atoms with van der Waals surface area (Å²) >= 11 is 0. The number of amides is 1. The third kappa shape index (κ3) is 3.97. The molecule has 1 aliphatic heterocycles. The summed E-state index contributed by atoms with van der Waals surface area (Å²) in [7, 11) is 2.08. The highest BCUT2D eigenvalue weighted by molar-refractivity contribution is 5.82. The Labute approximate surface area is 133 Å². The average molecular weight is 305 g/mol. The zero-order chi connectivity index (χ0) is 16.3. The van der Waals surface area contributed by atoms with E-state index in [0.717, 1.165) is 18.7 Å². The van der Waals surface area contributed by atoms with Crippen molar-refractivity contribution in [2.45, 2.75) is 33.7 Å². The van der Waals surface area contributed by atoms with Crippen molar-refractivity contribution in [3.63, 3.8) is 0 Å². The molecule has 0 saturated carbocycles. The molecule has 1 aromatic rings. The third-order valence-corrected chi connectivity index (χ3v) is 4.26. The predicted molar refractivity (Wildman–Crippen MR) is 86.8 cm³/mol. The van der Waals surface area contributed by atoms with Crippen LogP contribution in [0.3, 0.4) is 0 Å². The van der Waals surface area contributed by atoms with Crippen LogP contribution in [0.15, 0.2) is 18.3 Å². The van der Waals surface area contributed by atoms with Crippen LogP contribution in [0.1, 0.15) is 26.3 Å². The van der Waals surface area contributed by atoms with Crippen molar-refractivity contribution in [1.82, 2.24) is 15.2 Å². The van der Waals surface area contributed by atoms with Gasteiger partial charge in [-0.2, -0.15) is 0 Å². The quantitative estimate of drug-likeness (QED) is 0.902. The molecule has 0 aromatic carbocycles. The summed E-state index contributed by atoms with van der Waals surface area (Å²) in [5.74, 6) is 1.11. The lowest BCUT2D eigenvalue weighted by molar-refractivity contribution is -0.131. The molecule has 5 nitrogen and oxygen atoms in total. The van der Waals surface area contributed by atoms with E-state index in [4.69, 9.17) is 4.74 Å². The number of hydrogen-bond donors (Lipinski definition) is 1. The molecule has 1 saturated heterocycles. The number of nitrogens with one attached hydrogen (secondary N) is 1. The lowest BCUT2D eigenvalue weighted by atomic mass is 9.92. The minimum atomic E-state index is -0.592. The summed E-state index contributed by atoms with van der Waals surface area (Å²) in [5.41, 5.74) is 0.384. The van der Waals surface area contributed by atoms with E-state index in [2.05, 4.69) is 29.2 Å². The van der Waals surface area contributed by atoms with Gasteiger partial charge in [0.05, 0.1) is 5.41 Å². The second-order valence-electron chi connectivity index (χ2n) is 7.08. The van der Waals surface area contributed by atoms with Crippen LogP contribution in [-0.4, -0.2) is 48.6 Å². The number of rotatable bonds is 5. The van der Waals surface area contributed by atoms with Gasteiger partial charge in [-0.05, 0) is 39.8 Å². The molecule has 2 rings (SSSR count). The lowest BCUT2D eigenvalue weighted by Crippen LogP contribution is -2.48. The van der Waals surface area contributed by atoms with E-state index in [9.17, 15) is 4.79 Å². The minimum absolute atomic E-state index is 0.0354. The number of likely N-dealkylation sites (N-methyl/N-ethyl adjacent to an activating group) is 1. The first kappa shape index (κ1) is 16.7. The Bertz CT molecular complexity index is 530. The normalized spacial score (nSPS) is 22.6. The van der Waals surface area contributed by atoms with Gasteiger partial charge in [0, 0.05) is 30.9 Å². The van der Waals surface area contributed by atoms with Crippen LogP contribution in [0.4, 0.5) is 0 Å². The molecular weight excluding hydrogens is 278 g/mol. The van der Waals surface area contributed by atoms with E-state index in [1.165, 1.54) is 0 Å². The highest BCUT2D eigenvalue weighted by atomic mass is 16.5. The Morgan fingerprint density at radius 3 is 2.82 bits per heavy atom. The van der Waals surface area contributed by atoms with E-state index in [-0.39, 0.29) is 11.9 Å². The standard InChI is InChI=1S/C17H27N3O2/c1-12-7-6-8-18-15(12)22-11-17(3,4)16(21)19-14-10-20(5)9-13(14)2/h6-8,13-14H,9-11H2,1-5H3,(H,19,21). The molecule has 0 spiro atoms. The predicted octanol–water partition coefficient (Wildman–Crippen LogP) is 1.86. The van der Waals surface area contributed by atoms with Gasteiger partial charge in [-0.3, -0.25) is 4.79 Å². The molecule has 2 heterocycles. The van der Waals surface area contributed by atoms with Gasteiger partial charge < -0.3 is 15.0 Å². The van der Waals surface area contributed by atoms with Crippen LogP contribution in [0.2, 0.25) is 0 Å². The SMILES string of the molecule is Cc1cccnc1OCC(C)(C)C(=O)NC1CN(C)CC1C. The van der Waals surface area contributed by atoms with Crippen LogP contribution in [0.5, 0.6) is 5.88 Å². The summed E-state index contributed by atoms with van der Waals surface area (Å²) in [6.45, 7) is 10.2. The molecular formula is C17H27N3O2. The van der Waals surface area contributed by atoms with E-state index >= 15 is 0 Å². The van der Waals surface area contributed by atoms with E-state index in [0.29, 0.717) is 18.4 Å². The van der Waals surface area contributed by atoms with Crippen LogP contribution in [-0.2, 0) is 4.79 Å². The third-order valence-electron chi connectivity index (χ3n) is 4.26. The molecule has 122 valence electrons. The molecule has 0 radical (unpaired) electrons. The number of carbonyl (C=O) groups is 1. The first-order chi connectivity index (χ1) is 10.3. The molecule has 22 heavy (non-hydrogen) atoms. The number of aryl methyl sites for hydroxylation is 1. The topological polar surface area (TPSA) is 54.5 Å². The summed E-state index contributed by atoms with van der Waals surface area (Å²) < 4.78 is 5.75. The minimum Gasteiger partial charge on any atom is -0.476 e. The molecule has 5 heteroatoms. The van der Waals surface area contributed by atoms with Gasteiger partial charge in [0.25, 0.3) is 0 Å². The molecule has 0 bridgehead atoms. The van der Waals surface area contributed by atoms with Crippen molar-refractivity contribution in [2.75, 3.05) is 26.7 Å². The van der Waals surface area contributed by atoms with Crippen molar-refractivity contribution in [3.8, 4) is 5.88 Å². The molecule has 1 aliphatic rings. The van der Waals surface area contributed by atoms with Crippen molar-refractivity contribution in [3.05, 3.63) is 23.9 Å². The maximum Gasteiger partial charge on any atom is 0.229 e. The van der Waals surface area contributed by atoms with E-state index in [1.807, 2.05) is 32.9 Å². The molecule has 1 amide bonds. The van der Waals surface area contributed by atoms with Crippen molar-refractivity contribution >= 4 is 5.91 Å². The van der Waals surface area contributed by atoms with Gasteiger partial charge in [-0.1, -0.05) is 13.0 Å². The number of ether oxygens (including phenoxy) is 1. The van der Waals surface area contributed by atoms with Gasteiger partial charge in [0.2, 0.25) is 11.8 Å². The summed E-state index contributed by atoms with van der Waals surface area (Å²) in [5, 5.41) is 3.17. The Morgan fingerprint density at radius 2 is 2.23 bits per heavy atom. The fourth-order valence-electron chi connectivity index (χ4n) is 2.70. The average Bonchev–Trinajstić information content (AvgIpc) is 2.76. The van der Waals surface area contributed by atoms with Crippen molar-refractivity contribution in [2.24, 2.45) is 11.3 Å². The first-order valence-electron chi connectivity index (χ1n) is 7.83. The number of likely N-dealkylation sites (tertiary alicyclic amines) is 1. The smallest absolute Gasteiger partial charge is 0.229 e. The number of pyridine rings is 1. The highest BCUT2D eigenvalue weighted by Crippen LogP contribution is 2.22. The molecule has 0 aliphatic carbocycles. The van der Waals surface area contributed by atoms with Gasteiger partial charge in [-0.15, -0.1) is 0 Å². The molecule has 2 unspecified atom stereocenters. The summed E-state index contributed by atoms with van der Waals surface area (Å²) in [6, 6.07) is 4.04. The van der Waals surface area contributed by atoms with Crippen LogP contribution >= 0.6 is 0 Å². The number of hydrogen-bond acceptors (Lipinski definition) is 4. The Hall–Kier alpha value is -1.62. The molecule has 2 atom stereocenters. The fraction of sp³-hybridized carbons (Fsp3) is 0.647. The van der Waals surface area contributed by atoms with Crippen molar-refractivity contribution in [1.29, 1.82) is 0 Å². The zero-order valence-corrected chi connectivity index (χ0v) is 14.2. The molecule has 1 N–H and O–H groups in total. The Morgan fingerprint density at radius 1 is 1.50 bits per heavy atom. The number of nitrogens with zero attached hydrogens (tertiary/aromatic N) is 2. The Balaban J connectivity index is 1.92. The van der Waals surface area contributed by atoms with E-state index < -0.39 is 5.41 Å². The second kappa shape index (κ2) is 6.65. The fourth-order valence-corrected chi connectivity index (χ4v) is 2.70. The van der Waals surface area contributed by atoms with Gasteiger partial charge in [0.15, 0.2) is 0 Å². The van der Waals surface area contributed by atoms with Gasteiger partial charge in [-0.25, -0.2) is 4.98 Å². The van der Waals surface area contributed by atoms with Crippen LogP contribution in [0, 0.1) is 18.3 Å². The summed E-state index contributed by atoms with van der Waals surface area (Å²) in [6.07, 6.45) is 1.70. The molecule has 1 aromatic heterocycles. The number of aromatic nitrogens is 1. The maximum absolute atomic E-state index is 12.5. The zero-order valence-electron chi connectivity index (χ0n) is 14.2. The maximum atomic E-state index is 12.5. The molecule has 1 fully saturated rings. The summed E-state index contributed by atoms with van der Waals surface area (Å²) in [4.78, 5) is 19.0. The number of carbonyl (C=O) groups excluding carboxylic acids is 1. The van der Waals surface area contributed by atoms with Gasteiger partial charge >= 0.3 is 0 Å². The van der Waals surface area contributed by atoms with Gasteiger partial charge in [0.1, 0.15) is 6.61 Å². The largest absolute Gasteiger partial charge is 0.476 e. The highest BCUT2D eigenvalue weighted by Gasteiger charge is 2.34. The van der Waals surface area contributed by atoms with Crippen LogP contribution in [0.25, 0.3) is 0 Å².